The van der Waals surface area contributed by atoms with Crippen LogP contribution in [0.25, 0.3) is 0 Å². The Hall–Kier alpha value is -2.67. The lowest BCUT2D eigenvalue weighted by Gasteiger charge is -2.19. The number of aliphatic hydroxyl groups excluding tert-OH is 1. The van der Waals surface area contributed by atoms with E-state index in [2.05, 4.69) is 10.6 Å². The zero-order valence-corrected chi connectivity index (χ0v) is 16.6. The number of allylic oxidation sites excluding steroid dienone is 2. The van der Waals surface area contributed by atoms with E-state index in [1.165, 1.54) is 0 Å². The van der Waals surface area contributed by atoms with Crippen LogP contribution in [0.1, 0.15) is 37.7 Å². The van der Waals surface area contributed by atoms with Crippen molar-refractivity contribution >= 4 is 17.8 Å². The monoisotopic (exact) mass is 402 g/mol. The molecule has 1 aromatic rings. The van der Waals surface area contributed by atoms with Crippen molar-refractivity contribution in [1.29, 1.82) is 0 Å². The van der Waals surface area contributed by atoms with Crippen LogP contribution in [0.5, 0.6) is 0 Å². The summed E-state index contributed by atoms with van der Waals surface area (Å²) in [6.07, 6.45) is 6.57. The van der Waals surface area contributed by atoms with Crippen LogP contribution in [0.4, 0.5) is 0 Å². The van der Waals surface area contributed by atoms with Crippen LogP contribution in [-0.2, 0) is 25.5 Å². The molecule has 0 fully saturated rings. The molecule has 0 aromatic heterocycles. The summed E-state index contributed by atoms with van der Waals surface area (Å²) in [4.78, 5) is 36.5. The fourth-order valence-corrected chi connectivity index (χ4v) is 3.15. The molecule has 0 radical (unpaired) electrons. The highest BCUT2D eigenvalue weighted by Gasteiger charge is 2.22. The molecule has 1 aromatic carbocycles. The predicted octanol–water partition coefficient (Wildman–Crippen LogP) is 1.50. The minimum absolute atomic E-state index is 0.0290. The number of benzene rings is 1. The summed E-state index contributed by atoms with van der Waals surface area (Å²) in [5.74, 6) is -1.30. The van der Waals surface area contributed by atoms with Gasteiger partial charge < -0.3 is 20.5 Å². The third kappa shape index (κ3) is 8.91. The van der Waals surface area contributed by atoms with Gasteiger partial charge in [-0.2, -0.15) is 0 Å². The number of amides is 2. The van der Waals surface area contributed by atoms with Crippen LogP contribution >= 0.6 is 0 Å². The Kier molecular flexibility index (Phi) is 9.92. The second-order valence-corrected chi connectivity index (χ2v) is 7.15. The summed E-state index contributed by atoms with van der Waals surface area (Å²) >= 11 is 0. The van der Waals surface area contributed by atoms with Crippen molar-refractivity contribution in [2.24, 2.45) is 5.92 Å². The van der Waals surface area contributed by atoms with Gasteiger partial charge in [-0.05, 0) is 31.2 Å². The third-order valence-corrected chi connectivity index (χ3v) is 4.72. The van der Waals surface area contributed by atoms with E-state index in [1.54, 1.807) is 0 Å². The average molecular weight is 402 g/mol. The number of nitrogens with one attached hydrogen (secondary N) is 2. The lowest BCUT2D eigenvalue weighted by molar-refractivity contribution is -0.144. The second kappa shape index (κ2) is 12.7. The van der Waals surface area contributed by atoms with E-state index in [0.29, 0.717) is 25.7 Å². The molecular weight excluding hydrogens is 372 g/mol. The number of carbonyl (C=O) groups excluding carboxylic acids is 3. The summed E-state index contributed by atoms with van der Waals surface area (Å²) in [5, 5.41) is 15.2. The quantitative estimate of drug-likeness (QED) is 0.494. The highest BCUT2D eigenvalue weighted by molar-refractivity contribution is 5.86. The second-order valence-electron chi connectivity index (χ2n) is 7.15. The van der Waals surface area contributed by atoms with E-state index in [9.17, 15) is 19.5 Å². The normalized spacial score (nSPS) is 19.7. The maximum atomic E-state index is 12.5. The minimum atomic E-state index is -0.515. The molecule has 3 N–H and O–H groups in total. The first-order valence-corrected chi connectivity index (χ1v) is 10.1. The lowest BCUT2D eigenvalue weighted by Crippen LogP contribution is -2.42. The molecule has 0 aliphatic carbocycles. The Morgan fingerprint density at radius 2 is 2.03 bits per heavy atom. The van der Waals surface area contributed by atoms with Crippen LogP contribution < -0.4 is 10.6 Å². The van der Waals surface area contributed by atoms with Crippen molar-refractivity contribution in [2.75, 3.05) is 19.8 Å². The summed E-state index contributed by atoms with van der Waals surface area (Å²) in [7, 11) is 0. The fraction of sp³-hybridized carbons (Fsp3) is 0.500. The molecule has 7 heteroatoms. The Balaban J connectivity index is 1.91. The van der Waals surface area contributed by atoms with Gasteiger partial charge in [-0.1, -0.05) is 42.5 Å². The van der Waals surface area contributed by atoms with Crippen molar-refractivity contribution in [3.8, 4) is 0 Å². The number of carbonyl (C=O) groups is 3. The van der Waals surface area contributed by atoms with Gasteiger partial charge in [0.25, 0.3) is 0 Å². The lowest BCUT2D eigenvalue weighted by atomic mass is 9.98. The van der Waals surface area contributed by atoms with E-state index < -0.39 is 12.0 Å². The van der Waals surface area contributed by atoms with E-state index in [1.807, 2.05) is 42.5 Å². The summed E-state index contributed by atoms with van der Waals surface area (Å²) < 4.78 is 5.06. The highest BCUT2D eigenvalue weighted by atomic mass is 16.5. The maximum Gasteiger partial charge on any atom is 0.305 e. The average Bonchev–Trinajstić information content (AvgIpc) is 2.73. The molecule has 0 saturated heterocycles. The molecular formula is C22H30N2O5. The fourth-order valence-electron chi connectivity index (χ4n) is 3.15. The topological polar surface area (TPSA) is 105 Å². The van der Waals surface area contributed by atoms with E-state index >= 15 is 0 Å². The molecule has 1 heterocycles. The molecule has 29 heavy (non-hydrogen) atoms. The molecule has 2 rings (SSSR count). The van der Waals surface area contributed by atoms with Crippen molar-refractivity contribution in [3.63, 3.8) is 0 Å². The Morgan fingerprint density at radius 1 is 1.24 bits per heavy atom. The zero-order chi connectivity index (χ0) is 20.9. The number of aliphatic hydroxyl groups is 1. The predicted molar refractivity (Wildman–Crippen MR) is 109 cm³/mol. The number of esters is 1. The summed E-state index contributed by atoms with van der Waals surface area (Å²) in [5.41, 5.74) is 1.02. The molecule has 7 nitrogen and oxygen atoms in total. The van der Waals surface area contributed by atoms with Gasteiger partial charge in [0.05, 0.1) is 25.1 Å². The summed E-state index contributed by atoms with van der Waals surface area (Å²) in [6, 6.07) is 9.20. The Morgan fingerprint density at radius 3 is 2.79 bits per heavy atom. The molecule has 1 aliphatic heterocycles. The van der Waals surface area contributed by atoms with Gasteiger partial charge in [0.2, 0.25) is 11.8 Å². The standard InChI is InChI=1S/C22H30N2O5/c25-16-19(14-17-8-4-3-5-9-17)24-20(26)15-18-10-6-1-2-7-11-21(27)29-13-12-23-22(18)28/h1,3-6,8-9,18-19,25H,2,7,10-16H2,(H,23,28)(H,24,26)/t18-,19+/m1/s1. The van der Waals surface area contributed by atoms with Gasteiger partial charge in [-0.25, -0.2) is 0 Å². The summed E-state index contributed by atoms with van der Waals surface area (Å²) in [6.45, 7) is 0.170. The van der Waals surface area contributed by atoms with Crippen molar-refractivity contribution in [3.05, 3.63) is 48.0 Å². The molecule has 0 saturated carbocycles. The van der Waals surface area contributed by atoms with Crippen LogP contribution in [0.3, 0.4) is 0 Å². The van der Waals surface area contributed by atoms with Crippen LogP contribution in [0, 0.1) is 5.92 Å². The van der Waals surface area contributed by atoms with Gasteiger partial charge in [0, 0.05) is 12.8 Å². The van der Waals surface area contributed by atoms with Crippen LogP contribution in [-0.4, -0.2) is 48.7 Å². The Labute approximate surface area is 171 Å². The van der Waals surface area contributed by atoms with Gasteiger partial charge in [-0.15, -0.1) is 0 Å². The van der Waals surface area contributed by atoms with Gasteiger partial charge in [-0.3, -0.25) is 14.4 Å². The van der Waals surface area contributed by atoms with Crippen molar-refractivity contribution in [1.82, 2.24) is 10.6 Å². The minimum Gasteiger partial charge on any atom is -0.464 e. The van der Waals surface area contributed by atoms with Crippen LogP contribution in [0.2, 0.25) is 0 Å². The van der Waals surface area contributed by atoms with Gasteiger partial charge >= 0.3 is 5.97 Å². The number of hydrogen-bond donors (Lipinski definition) is 3. The molecule has 2 atom stereocenters. The number of cyclic esters (lactones) is 1. The first-order chi connectivity index (χ1) is 14.1. The van der Waals surface area contributed by atoms with Gasteiger partial charge in [0.15, 0.2) is 0 Å². The van der Waals surface area contributed by atoms with E-state index in [0.717, 1.165) is 12.0 Å². The molecule has 158 valence electrons. The zero-order valence-electron chi connectivity index (χ0n) is 16.6. The smallest absolute Gasteiger partial charge is 0.305 e. The van der Waals surface area contributed by atoms with Crippen molar-refractivity contribution < 1.29 is 24.2 Å². The number of hydrogen-bond acceptors (Lipinski definition) is 5. The molecule has 0 bridgehead atoms. The van der Waals surface area contributed by atoms with E-state index in [-0.39, 0.29) is 44.0 Å². The Bertz CT molecular complexity index is 690. The highest BCUT2D eigenvalue weighted by Crippen LogP contribution is 2.12. The first-order valence-electron chi connectivity index (χ1n) is 10.1. The maximum absolute atomic E-state index is 12.5. The third-order valence-electron chi connectivity index (χ3n) is 4.72. The van der Waals surface area contributed by atoms with Gasteiger partial charge in [0.1, 0.15) is 6.61 Å². The largest absolute Gasteiger partial charge is 0.464 e. The molecule has 1 aliphatic rings. The van der Waals surface area contributed by atoms with Crippen molar-refractivity contribution in [2.45, 2.75) is 44.6 Å². The molecule has 0 unspecified atom stereocenters. The molecule has 0 spiro atoms. The van der Waals surface area contributed by atoms with E-state index in [4.69, 9.17) is 4.74 Å². The number of ether oxygens (including phenoxy) is 1. The first kappa shape index (κ1) is 22.6. The van der Waals surface area contributed by atoms with Crippen LogP contribution in [0.15, 0.2) is 42.5 Å². The SMILES string of the molecule is O=C(C[C@H]1CC=CCCCC(=O)OCCNC1=O)N[C@H](CO)Cc1ccccc1. The molecule has 2 amide bonds. The number of rotatable bonds is 6.